The predicted molar refractivity (Wildman–Crippen MR) is 94.4 cm³/mol. The second kappa shape index (κ2) is 17.5. The number of hydrogen-bond acceptors (Lipinski definition) is 1. The summed E-state index contributed by atoms with van der Waals surface area (Å²) in [5, 5.41) is 0. The molecule has 0 aliphatic heterocycles. The van der Waals surface area contributed by atoms with Crippen molar-refractivity contribution < 1.29 is 4.79 Å². The summed E-state index contributed by atoms with van der Waals surface area (Å²) in [5.41, 5.74) is 0. The van der Waals surface area contributed by atoms with E-state index in [9.17, 15) is 4.79 Å². The first-order valence-corrected chi connectivity index (χ1v) is 9.28. The molecule has 21 heavy (non-hydrogen) atoms. The summed E-state index contributed by atoms with van der Waals surface area (Å²) in [7, 11) is 0. The maximum Gasteiger partial charge on any atom is 0.136 e. The molecule has 1 heteroatoms. The Balaban J connectivity index is 3.10. The molecule has 0 heterocycles. The molecular formula is C20H37O. The number of hydrogen-bond donors (Lipinski definition) is 0. The largest absolute Gasteiger partial charge is 0.299 e. The Morgan fingerprint density at radius 3 is 1.71 bits per heavy atom. The van der Waals surface area contributed by atoms with Crippen molar-refractivity contribution in [1.29, 1.82) is 0 Å². The average Bonchev–Trinajstić information content (AvgIpc) is 2.50. The molecule has 0 saturated carbocycles. The normalized spacial score (nSPS) is 11.3. The lowest BCUT2D eigenvalue weighted by atomic mass is 10.1. The summed E-state index contributed by atoms with van der Waals surface area (Å²) in [5.74, 6) is 0.299. The molecule has 0 N–H and O–H groups in total. The molecule has 0 aromatic carbocycles. The Kier molecular flexibility index (Phi) is 17.0. The van der Waals surface area contributed by atoms with E-state index in [4.69, 9.17) is 0 Å². The third-order valence-electron chi connectivity index (χ3n) is 4.01. The summed E-state index contributed by atoms with van der Waals surface area (Å²) in [6.45, 7) is 4.10. The highest BCUT2D eigenvalue weighted by Gasteiger charge is 1.97. The van der Waals surface area contributed by atoms with Crippen molar-refractivity contribution >= 4 is 5.78 Å². The van der Waals surface area contributed by atoms with Crippen LogP contribution < -0.4 is 0 Å². The van der Waals surface area contributed by atoms with Gasteiger partial charge in [0, 0.05) is 12.8 Å². The zero-order valence-electron chi connectivity index (χ0n) is 14.5. The number of ketones is 1. The number of Topliss-reactive ketones (excluding diaryl/α,β-unsaturated/α-hetero) is 1. The van der Waals surface area contributed by atoms with Gasteiger partial charge in [0.25, 0.3) is 0 Å². The van der Waals surface area contributed by atoms with Gasteiger partial charge in [0.1, 0.15) is 5.78 Å². The van der Waals surface area contributed by atoms with Crippen molar-refractivity contribution in [2.45, 2.75) is 104 Å². The van der Waals surface area contributed by atoms with Crippen molar-refractivity contribution in [1.82, 2.24) is 0 Å². The molecule has 1 nitrogen and oxygen atoms in total. The Morgan fingerprint density at radius 2 is 1.19 bits per heavy atom. The predicted octanol–water partition coefficient (Wildman–Crippen LogP) is 6.82. The summed E-state index contributed by atoms with van der Waals surface area (Å²) in [4.78, 5) is 11.1. The van der Waals surface area contributed by atoms with E-state index in [0.717, 1.165) is 12.8 Å². The van der Waals surface area contributed by atoms with Gasteiger partial charge in [0.2, 0.25) is 0 Å². The smallest absolute Gasteiger partial charge is 0.136 e. The van der Waals surface area contributed by atoms with Crippen LogP contribution >= 0.6 is 0 Å². The Hall–Kier alpha value is -0.590. The molecule has 0 saturated heterocycles. The van der Waals surface area contributed by atoms with E-state index >= 15 is 0 Å². The van der Waals surface area contributed by atoms with Gasteiger partial charge in [-0.25, -0.2) is 0 Å². The second-order valence-corrected chi connectivity index (χ2v) is 6.09. The molecule has 0 spiro atoms. The molecule has 0 amide bonds. The minimum atomic E-state index is 0.299. The molecule has 0 atom stereocenters. The highest BCUT2D eigenvalue weighted by atomic mass is 16.1. The van der Waals surface area contributed by atoms with Gasteiger partial charge in [-0.2, -0.15) is 0 Å². The van der Waals surface area contributed by atoms with E-state index in [0.29, 0.717) is 5.78 Å². The maximum absolute atomic E-state index is 11.1. The molecular weight excluding hydrogens is 256 g/mol. The molecule has 0 aromatic rings. The van der Waals surface area contributed by atoms with Crippen molar-refractivity contribution in [2.75, 3.05) is 0 Å². The van der Waals surface area contributed by atoms with Gasteiger partial charge in [-0.05, 0) is 32.1 Å². The number of carbonyl (C=O) groups excluding carboxylic acids is 1. The number of allylic oxidation sites excluding steroid dienone is 2. The summed E-state index contributed by atoms with van der Waals surface area (Å²) < 4.78 is 0. The third kappa shape index (κ3) is 17.4. The fraction of sp³-hybridized carbons (Fsp3) is 0.800. The van der Waals surface area contributed by atoms with Crippen LogP contribution in [-0.2, 0) is 4.79 Å². The first kappa shape index (κ1) is 20.4. The summed E-state index contributed by atoms with van der Waals surface area (Å²) in [6.07, 6.45) is 24.2. The minimum absolute atomic E-state index is 0.299. The lowest BCUT2D eigenvalue weighted by Gasteiger charge is -2.00. The zero-order valence-corrected chi connectivity index (χ0v) is 14.5. The lowest BCUT2D eigenvalue weighted by molar-refractivity contribution is -0.115. The van der Waals surface area contributed by atoms with E-state index in [1.807, 2.05) is 6.92 Å². The van der Waals surface area contributed by atoms with E-state index in [1.165, 1.54) is 77.0 Å². The van der Waals surface area contributed by atoms with E-state index in [-0.39, 0.29) is 0 Å². The Labute approximate surface area is 133 Å². The molecule has 0 unspecified atom stereocenters. The molecule has 0 aliphatic rings. The van der Waals surface area contributed by atoms with Crippen molar-refractivity contribution in [3.63, 3.8) is 0 Å². The topological polar surface area (TPSA) is 17.1 Å². The van der Waals surface area contributed by atoms with Crippen LogP contribution in [0, 0.1) is 6.42 Å². The highest BCUT2D eigenvalue weighted by Crippen LogP contribution is 2.10. The quantitative estimate of drug-likeness (QED) is 0.225. The SMILES string of the molecule is C[CH]C(=O)CCCCCCC/C=C\CCCCCCCC. The molecule has 0 rings (SSSR count). The molecule has 1 radical (unpaired) electrons. The Bertz CT molecular complexity index is 242. The number of unbranched alkanes of at least 4 members (excludes halogenated alkanes) is 11. The average molecular weight is 294 g/mol. The third-order valence-corrected chi connectivity index (χ3v) is 4.01. The van der Waals surface area contributed by atoms with Crippen LogP contribution in [0.5, 0.6) is 0 Å². The zero-order chi connectivity index (χ0) is 15.6. The van der Waals surface area contributed by atoms with Crippen LogP contribution in [0.15, 0.2) is 12.2 Å². The maximum atomic E-state index is 11.1. The van der Waals surface area contributed by atoms with Crippen LogP contribution in [0.4, 0.5) is 0 Å². The van der Waals surface area contributed by atoms with Crippen LogP contribution in [0.2, 0.25) is 0 Å². The number of rotatable bonds is 16. The van der Waals surface area contributed by atoms with Gasteiger partial charge < -0.3 is 0 Å². The fourth-order valence-corrected chi connectivity index (χ4v) is 2.51. The first-order chi connectivity index (χ1) is 10.3. The fourth-order valence-electron chi connectivity index (χ4n) is 2.51. The van der Waals surface area contributed by atoms with Gasteiger partial charge in [-0.1, -0.05) is 77.4 Å². The van der Waals surface area contributed by atoms with E-state index < -0.39 is 0 Å². The van der Waals surface area contributed by atoms with Crippen LogP contribution in [0.1, 0.15) is 104 Å². The lowest BCUT2D eigenvalue weighted by Crippen LogP contribution is -1.94. The number of carbonyl (C=O) groups is 1. The standard InChI is InChI=1S/C20H37O/c1-3-5-6-7-8-9-10-11-12-13-14-15-16-17-18-19-20(21)4-2/h4,11-12H,3,5-10,13-19H2,1-2H3/b12-11-. The van der Waals surface area contributed by atoms with E-state index in [1.54, 1.807) is 6.42 Å². The van der Waals surface area contributed by atoms with Gasteiger partial charge >= 0.3 is 0 Å². The van der Waals surface area contributed by atoms with Crippen LogP contribution in [0.3, 0.4) is 0 Å². The first-order valence-electron chi connectivity index (χ1n) is 9.28. The summed E-state index contributed by atoms with van der Waals surface area (Å²) in [6, 6.07) is 0. The summed E-state index contributed by atoms with van der Waals surface area (Å²) >= 11 is 0. The van der Waals surface area contributed by atoms with Crippen molar-refractivity contribution in [2.24, 2.45) is 0 Å². The van der Waals surface area contributed by atoms with Gasteiger partial charge in [-0.15, -0.1) is 0 Å². The van der Waals surface area contributed by atoms with Gasteiger partial charge in [0.05, 0.1) is 0 Å². The molecule has 0 bridgehead atoms. The van der Waals surface area contributed by atoms with Crippen LogP contribution in [0.25, 0.3) is 0 Å². The molecule has 0 fully saturated rings. The van der Waals surface area contributed by atoms with Gasteiger partial charge in [0.15, 0.2) is 0 Å². The highest BCUT2D eigenvalue weighted by molar-refractivity contribution is 5.86. The monoisotopic (exact) mass is 293 g/mol. The van der Waals surface area contributed by atoms with Crippen LogP contribution in [-0.4, -0.2) is 5.78 Å². The molecule has 0 aliphatic carbocycles. The van der Waals surface area contributed by atoms with Gasteiger partial charge in [-0.3, -0.25) is 4.79 Å². The van der Waals surface area contributed by atoms with Crippen molar-refractivity contribution in [3.05, 3.63) is 18.6 Å². The molecule has 123 valence electrons. The Morgan fingerprint density at radius 1 is 0.714 bits per heavy atom. The van der Waals surface area contributed by atoms with E-state index in [2.05, 4.69) is 19.1 Å². The van der Waals surface area contributed by atoms with Crippen molar-refractivity contribution in [3.8, 4) is 0 Å². The minimum Gasteiger partial charge on any atom is -0.299 e. The molecule has 0 aromatic heterocycles. The second-order valence-electron chi connectivity index (χ2n) is 6.09.